The lowest BCUT2D eigenvalue weighted by molar-refractivity contribution is -0.205. The Morgan fingerprint density at radius 2 is 2.07 bits per heavy atom. The summed E-state index contributed by atoms with van der Waals surface area (Å²) in [4.78, 5) is 20.5. The van der Waals surface area contributed by atoms with Crippen LogP contribution in [0.5, 0.6) is 0 Å². The van der Waals surface area contributed by atoms with Gasteiger partial charge in [-0.15, -0.1) is 11.3 Å². The molecule has 2 aliphatic heterocycles. The SMILES string of the molecule is C[C@@]1(NC(=O)c2ccccc2)CCOC2(CCN(Cc3cncs3)CC2)[C@H]1O. The van der Waals surface area contributed by atoms with E-state index >= 15 is 0 Å². The molecule has 1 amide bonds. The molecule has 2 saturated heterocycles. The van der Waals surface area contributed by atoms with Crippen LogP contribution in [-0.4, -0.2) is 57.8 Å². The number of rotatable bonds is 4. The van der Waals surface area contributed by atoms with Gasteiger partial charge in [0.05, 0.1) is 16.7 Å². The van der Waals surface area contributed by atoms with Crippen LogP contribution in [0.2, 0.25) is 0 Å². The quantitative estimate of drug-likeness (QED) is 0.823. The molecule has 0 radical (unpaired) electrons. The highest BCUT2D eigenvalue weighted by Gasteiger charge is 2.53. The van der Waals surface area contributed by atoms with E-state index in [9.17, 15) is 9.90 Å². The molecule has 2 atom stereocenters. The standard InChI is InChI=1S/C21H27N3O3S/c1-20(23-18(25)16-5-3-2-4-6-16)9-12-27-21(19(20)26)7-10-24(11-8-21)14-17-13-22-15-28-17/h2-6,13,15,19,26H,7-12,14H2,1H3,(H,23,25)/t19-,20+/m0/s1. The third-order valence-electron chi connectivity index (χ3n) is 6.11. The van der Waals surface area contributed by atoms with Gasteiger partial charge in [0.25, 0.3) is 5.91 Å². The van der Waals surface area contributed by atoms with Gasteiger partial charge in [-0.25, -0.2) is 0 Å². The molecule has 2 N–H and O–H groups in total. The van der Waals surface area contributed by atoms with E-state index in [4.69, 9.17) is 4.74 Å². The van der Waals surface area contributed by atoms with Gasteiger partial charge in [0.2, 0.25) is 0 Å². The number of benzene rings is 1. The number of aromatic nitrogens is 1. The summed E-state index contributed by atoms with van der Waals surface area (Å²) in [5.41, 5.74) is 1.16. The zero-order valence-electron chi connectivity index (χ0n) is 16.1. The second-order valence-electron chi connectivity index (χ2n) is 8.05. The topological polar surface area (TPSA) is 74.7 Å². The van der Waals surface area contributed by atoms with Crippen molar-refractivity contribution < 1.29 is 14.6 Å². The lowest BCUT2D eigenvalue weighted by Crippen LogP contribution is -2.69. The van der Waals surface area contributed by atoms with Crippen molar-refractivity contribution in [1.82, 2.24) is 15.2 Å². The van der Waals surface area contributed by atoms with Gasteiger partial charge >= 0.3 is 0 Å². The number of nitrogens with zero attached hydrogens (tertiary/aromatic N) is 2. The fraction of sp³-hybridized carbons (Fsp3) is 0.524. The largest absolute Gasteiger partial charge is 0.388 e. The maximum Gasteiger partial charge on any atom is 0.251 e. The summed E-state index contributed by atoms with van der Waals surface area (Å²) < 4.78 is 6.15. The van der Waals surface area contributed by atoms with Gasteiger partial charge in [0, 0.05) is 42.9 Å². The molecule has 0 bridgehead atoms. The molecule has 3 heterocycles. The number of hydrogen-bond acceptors (Lipinski definition) is 6. The first-order valence-electron chi connectivity index (χ1n) is 9.80. The van der Waals surface area contributed by atoms with Gasteiger partial charge in [-0.3, -0.25) is 14.7 Å². The van der Waals surface area contributed by atoms with Crippen LogP contribution in [0.3, 0.4) is 0 Å². The van der Waals surface area contributed by atoms with Crippen LogP contribution in [-0.2, 0) is 11.3 Å². The van der Waals surface area contributed by atoms with Gasteiger partial charge < -0.3 is 15.2 Å². The van der Waals surface area contributed by atoms with Crippen LogP contribution in [0.4, 0.5) is 0 Å². The third-order valence-corrected chi connectivity index (χ3v) is 6.88. The van der Waals surface area contributed by atoms with E-state index in [1.165, 1.54) is 4.88 Å². The van der Waals surface area contributed by atoms with E-state index in [-0.39, 0.29) is 5.91 Å². The molecule has 1 aromatic heterocycles. The van der Waals surface area contributed by atoms with E-state index in [2.05, 4.69) is 15.2 Å². The molecule has 0 unspecified atom stereocenters. The van der Waals surface area contributed by atoms with Crippen LogP contribution in [0.15, 0.2) is 42.0 Å². The summed E-state index contributed by atoms with van der Waals surface area (Å²) in [5, 5.41) is 14.4. The average Bonchev–Trinajstić information content (AvgIpc) is 3.22. The Morgan fingerprint density at radius 3 is 2.75 bits per heavy atom. The maximum absolute atomic E-state index is 12.7. The van der Waals surface area contributed by atoms with Crippen molar-refractivity contribution >= 4 is 17.2 Å². The number of ether oxygens (including phenoxy) is 1. The van der Waals surface area contributed by atoms with Crippen molar-refractivity contribution in [2.75, 3.05) is 19.7 Å². The zero-order chi connectivity index (χ0) is 19.6. The van der Waals surface area contributed by atoms with Crippen molar-refractivity contribution in [3.63, 3.8) is 0 Å². The van der Waals surface area contributed by atoms with Gasteiger partial charge in [0.15, 0.2) is 0 Å². The summed E-state index contributed by atoms with van der Waals surface area (Å²) in [6.45, 7) is 5.08. The summed E-state index contributed by atoms with van der Waals surface area (Å²) in [6, 6.07) is 9.16. The van der Waals surface area contributed by atoms with Crippen molar-refractivity contribution in [3.8, 4) is 0 Å². The van der Waals surface area contributed by atoms with E-state index in [0.29, 0.717) is 18.6 Å². The fourth-order valence-corrected chi connectivity index (χ4v) is 5.00. The summed E-state index contributed by atoms with van der Waals surface area (Å²) >= 11 is 1.67. The van der Waals surface area contributed by atoms with Crippen LogP contribution < -0.4 is 5.32 Å². The second-order valence-corrected chi connectivity index (χ2v) is 9.02. The summed E-state index contributed by atoms with van der Waals surface area (Å²) in [7, 11) is 0. The van der Waals surface area contributed by atoms with Gasteiger partial charge in [0.1, 0.15) is 6.10 Å². The Labute approximate surface area is 169 Å². The molecule has 2 aromatic rings. The highest BCUT2D eigenvalue weighted by atomic mass is 32.1. The monoisotopic (exact) mass is 401 g/mol. The van der Waals surface area contributed by atoms with E-state index in [1.54, 1.807) is 23.5 Å². The van der Waals surface area contributed by atoms with Crippen molar-refractivity contribution in [2.45, 2.75) is 50.0 Å². The van der Waals surface area contributed by atoms with Crippen molar-refractivity contribution in [2.24, 2.45) is 0 Å². The molecular weight excluding hydrogens is 374 g/mol. The number of piperidine rings is 1. The predicted molar refractivity (Wildman–Crippen MR) is 108 cm³/mol. The van der Waals surface area contributed by atoms with E-state index in [0.717, 1.165) is 32.5 Å². The molecule has 28 heavy (non-hydrogen) atoms. The summed E-state index contributed by atoms with van der Waals surface area (Å²) in [6.07, 6.45) is 3.27. The number of amides is 1. The van der Waals surface area contributed by atoms with Crippen LogP contribution >= 0.6 is 11.3 Å². The Morgan fingerprint density at radius 1 is 1.32 bits per heavy atom. The first-order valence-corrected chi connectivity index (χ1v) is 10.7. The Kier molecular flexibility index (Phi) is 5.51. The highest BCUT2D eigenvalue weighted by Crippen LogP contribution is 2.40. The minimum atomic E-state index is -0.744. The van der Waals surface area contributed by atoms with Crippen LogP contribution in [0, 0.1) is 0 Å². The highest BCUT2D eigenvalue weighted by molar-refractivity contribution is 7.09. The van der Waals surface area contributed by atoms with Gasteiger partial charge in [-0.1, -0.05) is 18.2 Å². The average molecular weight is 402 g/mol. The molecule has 1 spiro atoms. The molecular formula is C21H27N3O3S. The number of hydrogen-bond donors (Lipinski definition) is 2. The van der Waals surface area contributed by atoms with Crippen molar-refractivity contribution in [1.29, 1.82) is 0 Å². The molecule has 2 aliphatic rings. The zero-order valence-corrected chi connectivity index (χ0v) is 17.0. The minimum absolute atomic E-state index is 0.151. The van der Waals surface area contributed by atoms with Crippen LogP contribution in [0.1, 0.15) is 41.4 Å². The van der Waals surface area contributed by atoms with Gasteiger partial charge in [-0.2, -0.15) is 0 Å². The first-order chi connectivity index (χ1) is 13.5. The Bertz CT molecular complexity index is 790. The van der Waals surface area contributed by atoms with Crippen LogP contribution in [0.25, 0.3) is 0 Å². The summed E-state index contributed by atoms with van der Waals surface area (Å²) in [5.74, 6) is -0.151. The predicted octanol–water partition coefficient (Wildman–Crippen LogP) is 2.45. The molecule has 4 rings (SSSR count). The van der Waals surface area contributed by atoms with E-state index in [1.807, 2.05) is 36.8 Å². The van der Waals surface area contributed by atoms with E-state index < -0.39 is 17.2 Å². The fourth-order valence-electron chi connectivity index (χ4n) is 4.36. The number of nitrogens with one attached hydrogen (secondary N) is 1. The number of likely N-dealkylation sites (tertiary alicyclic amines) is 1. The molecule has 7 heteroatoms. The minimum Gasteiger partial charge on any atom is -0.388 e. The van der Waals surface area contributed by atoms with Gasteiger partial charge in [-0.05, 0) is 38.3 Å². The Hall–Kier alpha value is -1.80. The number of carbonyl (C=O) groups is 1. The molecule has 6 nitrogen and oxygen atoms in total. The van der Waals surface area contributed by atoms with Crippen molar-refractivity contribution in [3.05, 3.63) is 52.5 Å². The number of aliphatic hydroxyl groups excluding tert-OH is 1. The normalized spacial score (nSPS) is 27.6. The maximum atomic E-state index is 12.7. The third kappa shape index (κ3) is 3.85. The first kappa shape index (κ1) is 19.5. The molecule has 150 valence electrons. The molecule has 0 saturated carbocycles. The smallest absolute Gasteiger partial charge is 0.251 e. The number of thiazole rings is 1. The lowest BCUT2D eigenvalue weighted by atomic mass is 9.73. The lowest BCUT2D eigenvalue weighted by Gasteiger charge is -2.53. The molecule has 1 aromatic carbocycles. The Balaban J connectivity index is 1.42. The second kappa shape index (κ2) is 7.91. The molecule has 2 fully saturated rings. The number of aliphatic hydroxyl groups is 1. The number of carbonyl (C=O) groups excluding carboxylic acids is 1. The molecule has 0 aliphatic carbocycles.